The van der Waals surface area contributed by atoms with Gasteiger partial charge in [-0.15, -0.1) is 0 Å². The minimum Gasteiger partial charge on any atom is -0.481 e. The zero-order valence-corrected chi connectivity index (χ0v) is 11.9. The van der Waals surface area contributed by atoms with Gasteiger partial charge >= 0.3 is 5.97 Å². The topological polar surface area (TPSA) is 66.8 Å². The van der Waals surface area contributed by atoms with Crippen LogP contribution in [0.15, 0.2) is 0 Å². The van der Waals surface area contributed by atoms with Crippen LogP contribution in [0.4, 0.5) is 0 Å². The number of carboxylic acid groups (broad SMARTS) is 1. The highest BCUT2D eigenvalue weighted by Crippen LogP contribution is 2.40. The number of amides is 1. The number of nitrogens with zero attached hydrogens (tertiary/aromatic N) is 1. The summed E-state index contributed by atoms with van der Waals surface area (Å²) in [6.45, 7) is 7.08. The van der Waals surface area contributed by atoms with Crippen LogP contribution in [0.2, 0.25) is 0 Å². The van der Waals surface area contributed by atoms with Crippen LogP contribution < -0.4 is 0 Å². The molecule has 0 spiro atoms. The number of hydrogen-bond donors (Lipinski definition) is 1. The second-order valence-electron chi connectivity index (χ2n) is 6.28. The maximum absolute atomic E-state index is 12.5. The monoisotopic (exact) mass is 269 g/mol. The number of carboxylic acids is 1. The number of rotatable bonds is 3. The quantitative estimate of drug-likeness (QED) is 0.843. The van der Waals surface area contributed by atoms with Crippen LogP contribution in [0.5, 0.6) is 0 Å². The van der Waals surface area contributed by atoms with Crippen LogP contribution in [-0.2, 0) is 14.3 Å². The van der Waals surface area contributed by atoms with Gasteiger partial charge in [-0.2, -0.15) is 0 Å². The summed E-state index contributed by atoms with van der Waals surface area (Å²) in [4.78, 5) is 25.8. The van der Waals surface area contributed by atoms with Crippen molar-refractivity contribution in [2.75, 3.05) is 19.7 Å². The number of carbonyl (C=O) groups is 2. The second-order valence-corrected chi connectivity index (χ2v) is 6.28. The molecule has 2 heterocycles. The third kappa shape index (κ3) is 2.24. The standard InChI is InChI=1S/C14H23NO4/c1-10(2)14(12(17)18)6-7-15(9-14)11(16)13(3)5-4-8-19-13/h10H,4-9H2,1-3H3,(H,17,18). The molecule has 2 rings (SSSR count). The van der Waals surface area contributed by atoms with Crippen molar-refractivity contribution >= 4 is 11.9 Å². The number of aliphatic carboxylic acids is 1. The maximum atomic E-state index is 12.5. The van der Waals surface area contributed by atoms with Gasteiger partial charge < -0.3 is 14.7 Å². The highest BCUT2D eigenvalue weighted by atomic mass is 16.5. The first-order chi connectivity index (χ1) is 8.82. The fourth-order valence-electron chi connectivity index (χ4n) is 3.18. The highest BCUT2D eigenvalue weighted by Gasteiger charge is 2.51. The van der Waals surface area contributed by atoms with Crippen molar-refractivity contribution in [3.63, 3.8) is 0 Å². The van der Waals surface area contributed by atoms with E-state index in [2.05, 4.69) is 0 Å². The van der Waals surface area contributed by atoms with Gasteiger partial charge in [-0.25, -0.2) is 0 Å². The number of likely N-dealkylation sites (tertiary alicyclic amines) is 1. The summed E-state index contributed by atoms with van der Waals surface area (Å²) in [7, 11) is 0. The Hall–Kier alpha value is -1.10. The van der Waals surface area contributed by atoms with Crippen LogP contribution in [0.1, 0.15) is 40.0 Å². The van der Waals surface area contributed by atoms with Crippen molar-refractivity contribution < 1.29 is 19.4 Å². The average molecular weight is 269 g/mol. The summed E-state index contributed by atoms with van der Waals surface area (Å²) in [5.74, 6) is -0.829. The molecule has 2 aliphatic rings. The van der Waals surface area contributed by atoms with Crippen molar-refractivity contribution in [3.8, 4) is 0 Å². The summed E-state index contributed by atoms with van der Waals surface area (Å²) in [6.07, 6.45) is 2.15. The van der Waals surface area contributed by atoms with E-state index in [-0.39, 0.29) is 11.8 Å². The Labute approximate surface area is 113 Å². The van der Waals surface area contributed by atoms with Gasteiger partial charge in [0, 0.05) is 19.7 Å². The van der Waals surface area contributed by atoms with Crippen molar-refractivity contribution in [2.45, 2.75) is 45.6 Å². The molecule has 0 saturated carbocycles. The third-order valence-electron chi connectivity index (χ3n) is 4.79. The lowest BCUT2D eigenvalue weighted by molar-refractivity contribution is -0.154. The van der Waals surface area contributed by atoms with E-state index in [4.69, 9.17) is 4.74 Å². The number of ether oxygens (including phenoxy) is 1. The van der Waals surface area contributed by atoms with Gasteiger partial charge in [-0.3, -0.25) is 9.59 Å². The van der Waals surface area contributed by atoms with Crippen LogP contribution >= 0.6 is 0 Å². The van der Waals surface area contributed by atoms with Gasteiger partial charge in [0.15, 0.2) is 0 Å². The van der Waals surface area contributed by atoms with E-state index >= 15 is 0 Å². The molecule has 1 N–H and O–H groups in total. The Balaban J connectivity index is 2.13. The van der Waals surface area contributed by atoms with E-state index < -0.39 is 17.0 Å². The van der Waals surface area contributed by atoms with Crippen molar-refractivity contribution in [1.29, 1.82) is 0 Å². The molecule has 1 amide bonds. The van der Waals surface area contributed by atoms with E-state index in [1.807, 2.05) is 20.8 Å². The normalized spacial score (nSPS) is 35.1. The lowest BCUT2D eigenvalue weighted by Crippen LogP contribution is -2.48. The zero-order valence-electron chi connectivity index (χ0n) is 11.9. The summed E-state index contributed by atoms with van der Waals surface area (Å²) in [5.41, 5.74) is -1.55. The molecule has 2 saturated heterocycles. The van der Waals surface area contributed by atoms with Gasteiger partial charge in [0.05, 0.1) is 5.41 Å². The Kier molecular flexibility index (Phi) is 3.60. The molecule has 108 valence electrons. The molecule has 0 aromatic rings. The van der Waals surface area contributed by atoms with E-state index in [0.29, 0.717) is 26.1 Å². The van der Waals surface area contributed by atoms with Gasteiger partial charge in [0.2, 0.25) is 0 Å². The molecule has 2 unspecified atom stereocenters. The Bertz CT molecular complexity index is 387. The van der Waals surface area contributed by atoms with Gasteiger partial charge in [0.25, 0.3) is 5.91 Å². The molecule has 2 fully saturated rings. The van der Waals surface area contributed by atoms with Gasteiger partial charge in [-0.05, 0) is 32.1 Å². The van der Waals surface area contributed by atoms with E-state index in [0.717, 1.165) is 12.8 Å². The predicted molar refractivity (Wildman–Crippen MR) is 69.7 cm³/mol. The van der Waals surface area contributed by atoms with E-state index in [1.54, 1.807) is 4.90 Å². The molecular weight excluding hydrogens is 246 g/mol. The van der Waals surface area contributed by atoms with Gasteiger partial charge in [0.1, 0.15) is 5.60 Å². The van der Waals surface area contributed by atoms with Crippen LogP contribution in [-0.4, -0.2) is 47.2 Å². The fourth-order valence-corrected chi connectivity index (χ4v) is 3.18. The molecule has 2 aliphatic heterocycles. The molecule has 2 atom stereocenters. The molecule has 0 aliphatic carbocycles. The highest BCUT2D eigenvalue weighted by molar-refractivity contribution is 5.87. The lowest BCUT2D eigenvalue weighted by atomic mass is 9.76. The first-order valence-corrected chi connectivity index (χ1v) is 6.98. The summed E-state index contributed by atoms with van der Waals surface area (Å²) in [5, 5.41) is 9.49. The van der Waals surface area contributed by atoms with Crippen molar-refractivity contribution in [3.05, 3.63) is 0 Å². The maximum Gasteiger partial charge on any atom is 0.311 e. The average Bonchev–Trinajstić information content (AvgIpc) is 2.95. The SMILES string of the molecule is CC(C)C1(C(=O)O)CCN(C(=O)C2(C)CCCO2)C1. The van der Waals surface area contributed by atoms with E-state index in [1.165, 1.54) is 0 Å². The lowest BCUT2D eigenvalue weighted by Gasteiger charge is -2.31. The summed E-state index contributed by atoms with van der Waals surface area (Å²) in [6, 6.07) is 0. The molecule has 5 heteroatoms. The Morgan fingerprint density at radius 3 is 2.42 bits per heavy atom. The Morgan fingerprint density at radius 2 is 2.00 bits per heavy atom. The van der Waals surface area contributed by atoms with Crippen molar-refractivity contribution in [1.82, 2.24) is 4.90 Å². The van der Waals surface area contributed by atoms with Crippen LogP contribution in [0.25, 0.3) is 0 Å². The largest absolute Gasteiger partial charge is 0.481 e. The van der Waals surface area contributed by atoms with Crippen LogP contribution in [0, 0.1) is 11.3 Å². The van der Waals surface area contributed by atoms with Crippen LogP contribution in [0.3, 0.4) is 0 Å². The number of hydrogen-bond acceptors (Lipinski definition) is 3. The summed E-state index contributed by atoms with van der Waals surface area (Å²) < 4.78 is 5.57. The zero-order chi connectivity index (χ0) is 14.3. The number of carbonyl (C=O) groups excluding carboxylic acids is 1. The predicted octanol–water partition coefficient (Wildman–Crippen LogP) is 1.51. The smallest absolute Gasteiger partial charge is 0.311 e. The first kappa shape index (κ1) is 14.3. The molecular formula is C14H23NO4. The molecule has 5 nitrogen and oxygen atoms in total. The molecule has 0 radical (unpaired) electrons. The minimum absolute atomic E-state index is 0.0140. The third-order valence-corrected chi connectivity index (χ3v) is 4.79. The van der Waals surface area contributed by atoms with E-state index in [9.17, 15) is 14.7 Å². The molecule has 0 bridgehead atoms. The molecule has 19 heavy (non-hydrogen) atoms. The Morgan fingerprint density at radius 1 is 1.32 bits per heavy atom. The summed E-state index contributed by atoms with van der Waals surface area (Å²) >= 11 is 0. The van der Waals surface area contributed by atoms with Crippen molar-refractivity contribution in [2.24, 2.45) is 11.3 Å². The molecule has 0 aromatic carbocycles. The minimum atomic E-state index is -0.801. The molecule has 0 aromatic heterocycles. The second kappa shape index (κ2) is 4.78. The fraction of sp³-hybridized carbons (Fsp3) is 0.857. The van der Waals surface area contributed by atoms with Gasteiger partial charge in [-0.1, -0.05) is 13.8 Å². The first-order valence-electron chi connectivity index (χ1n) is 6.98.